The number of hydrogen-bond donors (Lipinski definition) is 0. The molecule has 4 aromatic heterocycles. The lowest BCUT2D eigenvalue weighted by Crippen LogP contribution is -1.97. The smallest absolute Gasteiger partial charge is 0.0652 e. The summed E-state index contributed by atoms with van der Waals surface area (Å²) in [4.78, 5) is 0. The summed E-state index contributed by atoms with van der Waals surface area (Å²) >= 11 is 0. The summed E-state index contributed by atoms with van der Waals surface area (Å²) in [6, 6.07) is -17.4. The predicted molar refractivity (Wildman–Crippen MR) is 244 cm³/mol. The van der Waals surface area contributed by atoms with E-state index in [2.05, 4.69) is 0 Å². The minimum atomic E-state index is -1.06. The van der Waals surface area contributed by atoms with Crippen molar-refractivity contribution in [1.29, 1.82) is 0 Å². The number of hydrogen-bond acceptors (Lipinski definition) is 0. The summed E-state index contributed by atoms with van der Waals surface area (Å²) in [5.74, 6) is 0. The second-order valence-electron chi connectivity index (χ2n) is 13.1. The Bertz CT molecular complexity index is 5110. The van der Waals surface area contributed by atoms with Crippen molar-refractivity contribution in [2.24, 2.45) is 0 Å². The van der Waals surface area contributed by atoms with Gasteiger partial charge < -0.3 is 18.3 Å². The van der Waals surface area contributed by atoms with Gasteiger partial charge in [0, 0.05) is 65.8 Å². The Labute approximate surface area is 374 Å². The van der Waals surface area contributed by atoms with Crippen LogP contribution in [-0.2, 0) is 0 Å². The standard InChI is InChI=1S/C54H34N4/c1-2-14-35(15-3-1)55-51-25-13-8-20-43(51)44-32-36(26-29-52(44)55)58-53-30-27-37(56-47-21-9-4-16-39(47)40-17-5-10-22-48(40)56)33-45(53)46-34-38(28-31-54(46)58)57-49-23-11-6-18-41(49)42-19-7-12-24-50(42)57/h1-34H/i4D,5D,6D,7D,8D,9D,10D,11D,12D,13D,16D,17D,18D,19D,20D,21D,22D,23D,24D,25D,26D,27D,28D,29D,30D,31D,32D,33D,34D. The third-order valence-corrected chi connectivity index (χ3v) is 10.2. The average Bonchev–Trinajstić information content (AvgIpc) is 1.55. The highest BCUT2D eigenvalue weighted by Crippen LogP contribution is 2.41. The molecule has 0 atom stereocenters. The van der Waals surface area contributed by atoms with Gasteiger partial charge in [0.05, 0.1) is 83.9 Å². The van der Waals surface area contributed by atoms with Crippen molar-refractivity contribution in [3.05, 3.63) is 206 Å². The predicted octanol–water partition coefficient (Wildman–Crippen LogP) is 14.1. The Hall–Kier alpha value is -7.82. The zero-order valence-electron chi connectivity index (χ0n) is 58.2. The summed E-state index contributed by atoms with van der Waals surface area (Å²) in [6.45, 7) is 0. The third kappa shape index (κ3) is 4.29. The molecule has 13 aromatic rings. The Morgan fingerprint density at radius 3 is 0.845 bits per heavy atom. The quantitative estimate of drug-likeness (QED) is 0.170. The second kappa shape index (κ2) is 11.8. The number of fused-ring (bicyclic) bond motifs is 12. The molecule has 9 aromatic carbocycles. The molecular weight excluding hydrogens is 705 g/mol. The molecule has 0 unspecified atom stereocenters. The van der Waals surface area contributed by atoms with Crippen LogP contribution < -0.4 is 0 Å². The minimum Gasteiger partial charge on any atom is -0.309 e. The van der Waals surface area contributed by atoms with Crippen molar-refractivity contribution in [3.63, 3.8) is 0 Å². The van der Waals surface area contributed by atoms with Gasteiger partial charge in [-0.3, -0.25) is 0 Å². The van der Waals surface area contributed by atoms with Crippen LogP contribution in [0.25, 0.3) is 110 Å². The molecule has 270 valence electrons. The van der Waals surface area contributed by atoms with Gasteiger partial charge in [-0.15, -0.1) is 0 Å². The second-order valence-corrected chi connectivity index (χ2v) is 13.1. The summed E-state index contributed by atoms with van der Waals surface area (Å²) in [5, 5.41) is -4.20. The van der Waals surface area contributed by atoms with Crippen LogP contribution in [0.5, 0.6) is 0 Å². The molecule has 0 bridgehead atoms. The topological polar surface area (TPSA) is 19.7 Å². The van der Waals surface area contributed by atoms with Crippen LogP contribution in [0.1, 0.15) is 39.8 Å². The molecular formula is C54H34N4. The molecule has 4 heteroatoms. The highest BCUT2D eigenvalue weighted by Gasteiger charge is 2.20. The lowest BCUT2D eigenvalue weighted by molar-refractivity contribution is 1.16. The van der Waals surface area contributed by atoms with E-state index in [1.807, 2.05) is 0 Å². The molecule has 0 aliphatic rings. The lowest BCUT2D eigenvalue weighted by atomic mass is 10.1. The fraction of sp³-hybridized carbons (Fsp3) is 0. The van der Waals surface area contributed by atoms with E-state index < -0.39 is 263 Å². The summed E-state index contributed by atoms with van der Waals surface area (Å²) in [5.41, 5.74) is -6.76. The monoisotopic (exact) mass is 767 g/mol. The van der Waals surface area contributed by atoms with Crippen molar-refractivity contribution in [1.82, 2.24) is 18.3 Å². The van der Waals surface area contributed by atoms with Crippen molar-refractivity contribution >= 4 is 87.2 Å². The zero-order chi connectivity index (χ0) is 63.1. The fourth-order valence-corrected chi connectivity index (χ4v) is 7.78. The van der Waals surface area contributed by atoms with E-state index in [0.717, 1.165) is 13.7 Å². The van der Waals surface area contributed by atoms with Crippen LogP contribution >= 0.6 is 0 Å². The number of nitrogens with zero attached hydrogens (tertiary/aromatic N) is 4. The Morgan fingerprint density at radius 2 is 0.500 bits per heavy atom. The molecule has 4 heterocycles. The molecule has 0 saturated heterocycles. The Morgan fingerprint density at radius 1 is 0.241 bits per heavy atom. The van der Waals surface area contributed by atoms with Crippen LogP contribution in [0.3, 0.4) is 0 Å². The van der Waals surface area contributed by atoms with Crippen molar-refractivity contribution in [3.8, 4) is 22.7 Å². The first-order valence-electron chi connectivity index (χ1n) is 32.1. The van der Waals surface area contributed by atoms with Crippen molar-refractivity contribution < 1.29 is 39.8 Å². The maximum atomic E-state index is 10.4. The number of aromatic nitrogens is 4. The van der Waals surface area contributed by atoms with Gasteiger partial charge in [0.15, 0.2) is 0 Å². The van der Waals surface area contributed by atoms with E-state index in [-0.39, 0.29) is 22.1 Å². The summed E-state index contributed by atoms with van der Waals surface area (Å²) in [7, 11) is 0. The molecule has 0 amide bonds. The van der Waals surface area contributed by atoms with E-state index in [9.17, 15) is 19.2 Å². The van der Waals surface area contributed by atoms with Gasteiger partial charge >= 0.3 is 0 Å². The molecule has 0 N–H and O–H groups in total. The largest absolute Gasteiger partial charge is 0.309 e. The number of benzene rings is 9. The molecule has 0 saturated carbocycles. The van der Waals surface area contributed by atoms with Crippen LogP contribution in [0.4, 0.5) is 0 Å². The maximum Gasteiger partial charge on any atom is 0.0652 e. The van der Waals surface area contributed by atoms with E-state index in [1.165, 1.54) is 4.57 Å². The Kier molecular flexibility index (Phi) is 2.98. The Balaban J connectivity index is 1.33. The normalized spacial score (nSPS) is 19.1. The van der Waals surface area contributed by atoms with Crippen LogP contribution in [0.15, 0.2) is 206 Å². The van der Waals surface area contributed by atoms with E-state index in [1.54, 1.807) is 30.3 Å². The molecule has 0 fully saturated rings. The van der Waals surface area contributed by atoms with E-state index in [0.29, 0.717) is 0 Å². The fourth-order valence-electron chi connectivity index (χ4n) is 7.78. The zero-order valence-corrected chi connectivity index (χ0v) is 29.2. The number of para-hydroxylation sites is 6. The molecule has 13 rings (SSSR count). The van der Waals surface area contributed by atoms with E-state index >= 15 is 0 Å². The first-order valence-corrected chi connectivity index (χ1v) is 17.6. The van der Waals surface area contributed by atoms with Gasteiger partial charge in [0.2, 0.25) is 0 Å². The first-order chi connectivity index (χ1) is 40.9. The minimum absolute atomic E-state index is 0.219. The highest BCUT2D eigenvalue weighted by atomic mass is 15.0. The van der Waals surface area contributed by atoms with Crippen LogP contribution in [-0.4, -0.2) is 18.3 Å². The molecule has 0 spiro atoms. The third-order valence-electron chi connectivity index (χ3n) is 10.2. The molecule has 0 aliphatic carbocycles. The van der Waals surface area contributed by atoms with Crippen molar-refractivity contribution in [2.75, 3.05) is 0 Å². The molecule has 0 radical (unpaired) electrons. The molecule has 0 aliphatic heterocycles. The van der Waals surface area contributed by atoms with Gasteiger partial charge in [-0.05, 0) is 96.7 Å². The van der Waals surface area contributed by atoms with Crippen LogP contribution in [0, 0.1) is 0 Å². The maximum absolute atomic E-state index is 10.4. The molecule has 58 heavy (non-hydrogen) atoms. The van der Waals surface area contributed by atoms with Gasteiger partial charge in [-0.1, -0.05) is 109 Å². The van der Waals surface area contributed by atoms with Gasteiger partial charge in [0.25, 0.3) is 0 Å². The van der Waals surface area contributed by atoms with Gasteiger partial charge in [-0.2, -0.15) is 0 Å². The SMILES string of the molecule is [2H]c1c([2H])c([2H])c2c(c1[2H])c1c([2H])c(-n3c4c([2H])c([2H])c(-n5c6c([2H])c([2H])c([2H])c([2H])c6c6c([2H])c([2H])c([2H])c([2H])c65)c([2H])c4c4c([2H])c(-n5c6c([2H])c([2H])c([2H])c([2H])c6c6c([2H])c([2H])c([2H])c([2H])c65)c([2H])c([2H])c43)c([2H])c([2H])c1n2-c1ccccc1. The average molecular weight is 768 g/mol. The van der Waals surface area contributed by atoms with Gasteiger partial charge in [-0.25, -0.2) is 0 Å². The number of rotatable bonds is 4. The van der Waals surface area contributed by atoms with E-state index in [4.69, 9.17) is 20.6 Å². The summed E-state index contributed by atoms with van der Waals surface area (Å²) < 4.78 is 273. The summed E-state index contributed by atoms with van der Waals surface area (Å²) in [6.07, 6.45) is 0. The van der Waals surface area contributed by atoms with Crippen LogP contribution in [0.2, 0.25) is 0 Å². The molecule has 4 nitrogen and oxygen atoms in total. The highest BCUT2D eigenvalue weighted by molar-refractivity contribution is 6.15. The lowest BCUT2D eigenvalue weighted by Gasteiger charge is -2.12. The van der Waals surface area contributed by atoms with Crippen molar-refractivity contribution in [2.45, 2.75) is 0 Å². The first kappa shape index (κ1) is 14.6. The van der Waals surface area contributed by atoms with Gasteiger partial charge in [0.1, 0.15) is 0 Å².